The van der Waals surface area contributed by atoms with Gasteiger partial charge in [0, 0.05) is 36.0 Å². The lowest BCUT2D eigenvalue weighted by molar-refractivity contribution is -0.116. The van der Waals surface area contributed by atoms with Gasteiger partial charge in [-0.2, -0.15) is 5.26 Å². The minimum absolute atomic E-state index is 0.0663. The lowest BCUT2D eigenvalue weighted by Crippen LogP contribution is -2.31. The van der Waals surface area contributed by atoms with Crippen LogP contribution < -0.4 is 25.4 Å². The van der Waals surface area contributed by atoms with E-state index in [0.717, 1.165) is 72.5 Å². The number of benzene rings is 2. The predicted molar refractivity (Wildman–Crippen MR) is 172 cm³/mol. The Morgan fingerprint density at radius 3 is 2.70 bits per heavy atom. The smallest absolute Gasteiger partial charge is 0.224 e. The third-order valence-electron chi connectivity index (χ3n) is 8.31. The molecule has 1 heterocycles. The average Bonchev–Trinajstić information content (AvgIpc) is 3.13. The van der Waals surface area contributed by atoms with Gasteiger partial charge in [-0.25, -0.2) is 0 Å². The van der Waals surface area contributed by atoms with Crippen molar-refractivity contribution in [2.75, 3.05) is 56.3 Å². The first-order chi connectivity index (χ1) is 20.7. The van der Waals surface area contributed by atoms with Crippen LogP contribution >= 0.6 is 0 Å². The molecule has 0 saturated heterocycles. The molecule has 9 nitrogen and oxygen atoms in total. The van der Waals surface area contributed by atoms with Gasteiger partial charge in [-0.3, -0.25) is 4.79 Å². The van der Waals surface area contributed by atoms with Crippen molar-refractivity contribution in [1.82, 2.24) is 4.90 Å². The van der Waals surface area contributed by atoms with Gasteiger partial charge in [0.2, 0.25) is 5.91 Å². The number of aryl methyl sites for hydroxylation is 1. The zero-order valence-electron chi connectivity index (χ0n) is 26.3. The molecule has 0 aromatic heterocycles. The summed E-state index contributed by atoms with van der Waals surface area (Å²) < 4.78 is 12.1. The van der Waals surface area contributed by atoms with Gasteiger partial charge in [0.05, 0.1) is 36.4 Å². The van der Waals surface area contributed by atoms with Crippen LogP contribution in [0, 0.1) is 24.2 Å². The first-order valence-corrected chi connectivity index (χ1v) is 15.5. The summed E-state index contributed by atoms with van der Waals surface area (Å²) in [6.07, 6.45) is 4.66. The number of aliphatic hydroxyl groups is 1. The highest BCUT2D eigenvalue weighted by atomic mass is 16.5. The van der Waals surface area contributed by atoms with Gasteiger partial charge in [-0.15, -0.1) is 0 Å². The second-order valence-corrected chi connectivity index (χ2v) is 11.9. The number of aliphatic hydroxyl groups excluding tert-OH is 1. The highest BCUT2D eigenvalue weighted by Crippen LogP contribution is 2.42. The molecule has 0 bridgehead atoms. The number of rotatable bonds is 12. The van der Waals surface area contributed by atoms with E-state index in [-0.39, 0.29) is 24.0 Å². The maximum Gasteiger partial charge on any atom is 0.224 e. The standard InChI is InChI=1S/C34H47N5O4/c1-6-42-32-18-28-27(17-29(32)38-33(41)12-9-15-39(4)5)34(25(19-35)20-36-28)37-26-13-14-31(22(2)16-26)43-21-24-10-7-8-11-30(40)23(24)3/h13-14,16-18,25,30,34,36-37,40H,6-12,15,20-21H2,1-5H3,(H,38,41). The molecule has 2 aromatic rings. The number of anilines is 3. The van der Waals surface area contributed by atoms with Crippen LogP contribution in [0.25, 0.3) is 0 Å². The molecule has 43 heavy (non-hydrogen) atoms. The fourth-order valence-electron chi connectivity index (χ4n) is 5.76. The lowest BCUT2D eigenvalue weighted by atomic mass is 9.88. The molecule has 0 radical (unpaired) electrons. The molecule has 2 aromatic carbocycles. The van der Waals surface area contributed by atoms with Crippen molar-refractivity contribution < 1.29 is 19.4 Å². The minimum Gasteiger partial charge on any atom is -0.492 e. The number of nitrogens with one attached hydrogen (secondary N) is 3. The number of ether oxygens (including phenoxy) is 2. The molecular formula is C34H47N5O4. The Labute approximate surface area is 256 Å². The normalized spacial score (nSPS) is 20.0. The number of nitrogens with zero attached hydrogens (tertiary/aromatic N) is 2. The summed E-state index contributed by atoms with van der Waals surface area (Å²) in [5.74, 6) is 1.01. The van der Waals surface area contributed by atoms with Crippen molar-refractivity contribution >= 4 is 23.0 Å². The third kappa shape index (κ3) is 8.43. The van der Waals surface area contributed by atoms with Crippen LogP contribution in [-0.4, -0.2) is 62.4 Å². The molecule has 4 N–H and O–H groups in total. The number of carbonyl (C=O) groups is 1. The molecule has 1 amide bonds. The van der Waals surface area contributed by atoms with E-state index in [1.807, 2.05) is 65.2 Å². The quantitative estimate of drug-likeness (QED) is 0.222. The highest BCUT2D eigenvalue weighted by molar-refractivity contribution is 5.93. The number of fused-ring (bicyclic) bond motifs is 1. The molecule has 0 spiro atoms. The Morgan fingerprint density at radius 2 is 1.98 bits per heavy atom. The molecule has 3 unspecified atom stereocenters. The number of hydrogen-bond acceptors (Lipinski definition) is 8. The maximum absolute atomic E-state index is 12.8. The molecule has 1 aliphatic carbocycles. The largest absolute Gasteiger partial charge is 0.492 e. The van der Waals surface area contributed by atoms with Crippen LogP contribution in [0.3, 0.4) is 0 Å². The predicted octanol–water partition coefficient (Wildman–Crippen LogP) is 6.02. The van der Waals surface area contributed by atoms with Crippen LogP contribution in [0.5, 0.6) is 11.5 Å². The molecule has 232 valence electrons. The minimum atomic E-state index is -0.378. The Morgan fingerprint density at radius 1 is 1.16 bits per heavy atom. The van der Waals surface area contributed by atoms with Gasteiger partial charge >= 0.3 is 0 Å². The van der Waals surface area contributed by atoms with Crippen LogP contribution in [-0.2, 0) is 4.79 Å². The Kier molecular flexibility index (Phi) is 11.3. The summed E-state index contributed by atoms with van der Waals surface area (Å²) in [5, 5.41) is 30.4. The van der Waals surface area contributed by atoms with Crippen LogP contribution in [0.15, 0.2) is 41.5 Å². The summed E-state index contributed by atoms with van der Waals surface area (Å²) in [6.45, 7) is 8.20. The van der Waals surface area contributed by atoms with Crippen molar-refractivity contribution in [3.63, 3.8) is 0 Å². The fraction of sp³-hybridized carbons (Fsp3) is 0.529. The topological polar surface area (TPSA) is 119 Å². The molecule has 2 aliphatic rings. The summed E-state index contributed by atoms with van der Waals surface area (Å²) in [5.41, 5.74) is 6.47. The van der Waals surface area contributed by atoms with Crippen molar-refractivity contribution in [1.29, 1.82) is 5.26 Å². The summed E-state index contributed by atoms with van der Waals surface area (Å²) >= 11 is 0. The van der Waals surface area contributed by atoms with Crippen LogP contribution in [0.4, 0.5) is 17.1 Å². The van der Waals surface area contributed by atoms with Crippen molar-refractivity contribution in [3.8, 4) is 17.6 Å². The van der Waals surface area contributed by atoms with Gasteiger partial charge < -0.3 is 35.4 Å². The van der Waals surface area contributed by atoms with E-state index in [0.29, 0.717) is 37.6 Å². The zero-order chi connectivity index (χ0) is 30.9. The third-order valence-corrected chi connectivity index (χ3v) is 8.31. The van der Waals surface area contributed by atoms with E-state index in [1.54, 1.807) is 0 Å². The Bertz CT molecular complexity index is 1350. The van der Waals surface area contributed by atoms with Gasteiger partial charge in [-0.1, -0.05) is 6.42 Å². The molecule has 4 rings (SSSR count). The SMILES string of the molecule is CCOc1cc2c(cc1NC(=O)CCCN(C)C)C(Nc1ccc(OCC3=C(C)C(O)CCCC3)c(C)c1)C(C#N)CN2. The molecule has 0 fully saturated rings. The van der Waals surface area contributed by atoms with E-state index >= 15 is 0 Å². The molecule has 0 saturated carbocycles. The number of hydrogen-bond donors (Lipinski definition) is 4. The number of nitriles is 1. The summed E-state index contributed by atoms with van der Waals surface area (Å²) in [6, 6.07) is 12.0. The molecular weight excluding hydrogens is 542 g/mol. The highest BCUT2D eigenvalue weighted by Gasteiger charge is 2.31. The van der Waals surface area contributed by atoms with Crippen molar-refractivity contribution in [2.24, 2.45) is 5.92 Å². The summed E-state index contributed by atoms with van der Waals surface area (Å²) in [4.78, 5) is 14.8. The van der Waals surface area contributed by atoms with E-state index in [1.165, 1.54) is 5.57 Å². The van der Waals surface area contributed by atoms with Crippen molar-refractivity contribution in [2.45, 2.75) is 71.4 Å². The second-order valence-electron chi connectivity index (χ2n) is 11.9. The van der Waals surface area contributed by atoms with Crippen molar-refractivity contribution in [3.05, 3.63) is 52.6 Å². The van der Waals surface area contributed by atoms with Gasteiger partial charge in [0.1, 0.15) is 18.1 Å². The zero-order valence-corrected chi connectivity index (χ0v) is 26.3. The maximum atomic E-state index is 12.8. The molecule has 3 atom stereocenters. The van der Waals surface area contributed by atoms with Gasteiger partial charge in [-0.05, 0) is 108 Å². The Hall–Kier alpha value is -3.74. The van der Waals surface area contributed by atoms with E-state index < -0.39 is 0 Å². The number of carbonyl (C=O) groups excluding carboxylic acids is 1. The van der Waals surface area contributed by atoms with Gasteiger partial charge in [0.25, 0.3) is 0 Å². The number of amides is 1. The molecule has 9 heteroatoms. The second kappa shape index (κ2) is 15.1. The monoisotopic (exact) mass is 589 g/mol. The van der Waals surface area contributed by atoms with Gasteiger partial charge in [0.15, 0.2) is 0 Å². The first kappa shape index (κ1) is 32.2. The Balaban J connectivity index is 1.53. The molecule has 1 aliphatic heterocycles. The van der Waals surface area contributed by atoms with Crippen LogP contribution in [0.1, 0.15) is 69.5 Å². The fourth-order valence-corrected chi connectivity index (χ4v) is 5.76. The summed E-state index contributed by atoms with van der Waals surface area (Å²) in [7, 11) is 3.98. The van der Waals surface area contributed by atoms with E-state index in [9.17, 15) is 15.2 Å². The van der Waals surface area contributed by atoms with Crippen LogP contribution in [0.2, 0.25) is 0 Å². The van der Waals surface area contributed by atoms with E-state index in [2.05, 4.69) is 26.9 Å². The van der Waals surface area contributed by atoms with E-state index in [4.69, 9.17) is 9.47 Å². The average molecular weight is 590 g/mol. The lowest BCUT2D eigenvalue weighted by Gasteiger charge is -2.33. The first-order valence-electron chi connectivity index (χ1n) is 15.5.